The topological polar surface area (TPSA) is 0 Å². The molecule has 0 radical (unpaired) electrons. The van der Waals surface area contributed by atoms with Gasteiger partial charge in [-0.2, -0.15) is 0 Å². The number of rotatable bonds is 12. The molecule has 1 aromatic rings. The van der Waals surface area contributed by atoms with Crippen LogP contribution in [0, 0.1) is 23.6 Å². The Morgan fingerprint density at radius 3 is 2.16 bits per heavy atom. The molecule has 174 valence electrons. The largest absolute Gasteiger partial charge is 0.207 e. The highest BCUT2D eigenvalue weighted by Crippen LogP contribution is 2.37. The van der Waals surface area contributed by atoms with E-state index in [0.717, 1.165) is 54.6 Å². The quantitative estimate of drug-likeness (QED) is 0.230. The summed E-state index contributed by atoms with van der Waals surface area (Å²) >= 11 is 0. The third-order valence-corrected chi connectivity index (χ3v) is 8.15. The second-order valence-electron chi connectivity index (χ2n) is 10.6. The lowest BCUT2D eigenvalue weighted by atomic mass is 9.76. The van der Waals surface area contributed by atoms with Crippen LogP contribution in [0.15, 0.2) is 29.8 Å². The van der Waals surface area contributed by atoms with Crippen LogP contribution >= 0.6 is 0 Å². The lowest BCUT2D eigenvalue weighted by molar-refractivity contribution is 0.234. The van der Waals surface area contributed by atoms with Gasteiger partial charge in [-0.1, -0.05) is 102 Å². The summed E-state index contributed by atoms with van der Waals surface area (Å²) in [6, 6.07) is 5.91. The van der Waals surface area contributed by atoms with Crippen LogP contribution in [0.2, 0.25) is 0 Å². The van der Waals surface area contributed by atoms with E-state index < -0.39 is 0 Å². The van der Waals surface area contributed by atoms with Gasteiger partial charge >= 0.3 is 0 Å². The molecule has 1 unspecified atom stereocenters. The molecule has 1 aromatic carbocycles. The van der Waals surface area contributed by atoms with Crippen LogP contribution in [0.25, 0.3) is 0 Å². The maximum atomic E-state index is 14.2. The summed E-state index contributed by atoms with van der Waals surface area (Å²) in [7, 11) is 0. The highest BCUT2D eigenvalue weighted by Gasteiger charge is 2.22. The van der Waals surface area contributed by atoms with E-state index >= 15 is 0 Å². The minimum atomic E-state index is -0.00738. The van der Waals surface area contributed by atoms with E-state index in [0.29, 0.717) is 0 Å². The third-order valence-electron chi connectivity index (χ3n) is 8.15. The average Bonchev–Trinajstić information content (AvgIpc) is 2.80. The van der Waals surface area contributed by atoms with Crippen molar-refractivity contribution in [1.29, 1.82) is 0 Å². The number of aryl methyl sites for hydroxylation is 2. The highest BCUT2D eigenvalue weighted by atomic mass is 19.1. The summed E-state index contributed by atoms with van der Waals surface area (Å²) in [6.07, 6.45) is 25.1. The molecule has 0 aliphatic heterocycles. The first-order chi connectivity index (χ1) is 15.2. The molecule has 1 saturated carbocycles. The van der Waals surface area contributed by atoms with E-state index in [1.165, 1.54) is 83.5 Å². The molecule has 1 fully saturated rings. The van der Waals surface area contributed by atoms with E-state index in [-0.39, 0.29) is 5.82 Å². The van der Waals surface area contributed by atoms with Gasteiger partial charge in [0.05, 0.1) is 0 Å². The predicted molar refractivity (Wildman–Crippen MR) is 133 cm³/mol. The molecule has 0 aromatic heterocycles. The lowest BCUT2D eigenvalue weighted by Crippen LogP contribution is -2.16. The Kier molecular flexibility index (Phi) is 10.6. The molecular weight excluding hydrogens is 379 g/mol. The summed E-state index contributed by atoms with van der Waals surface area (Å²) in [5, 5.41) is 0. The second kappa shape index (κ2) is 13.4. The van der Waals surface area contributed by atoms with Gasteiger partial charge < -0.3 is 0 Å². The monoisotopic (exact) mass is 426 g/mol. The van der Waals surface area contributed by atoms with Gasteiger partial charge in [-0.3, -0.25) is 0 Å². The maximum absolute atomic E-state index is 14.2. The van der Waals surface area contributed by atoms with Crippen molar-refractivity contribution in [3.8, 4) is 0 Å². The van der Waals surface area contributed by atoms with E-state index in [9.17, 15) is 4.39 Å². The van der Waals surface area contributed by atoms with E-state index in [1.54, 1.807) is 11.6 Å². The van der Waals surface area contributed by atoms with Crippen LogP contribution in [0.1, 0.15) is 121 Å². The maximum Gasteiger partial charge on any atom is 0.126 e. The van der Waals surface area contributed by atoms with Gasteiger partial charge in [0.2, 0.25) is 0 Å². The van der Waals surface area contributed by atoms with Crippen LogP contribution in [0.4, 0.5) is 4.39 Å². The zero-order valence-electron chi connectivity index (χ0n) is 20.4. The Hall–Kier alpha value is -1.11. The SMILES string of the molecule is CCCCC[C@H]1CC[C@H](CCC2CC=C(CCc3ccc(CCC)c(F)c3)CC2)CC1. The van der Waals surface area contributed by atoms with Crippen LogP contribution in [0.5, 0.6) is 0 Å². The van der Waals surface area contributed by atoms with Crippen LogP contribution in [-0.2, 0) is 12.8 Å². The molecule has 0 heterocycles. The fraction of sp³-hybridized carbons (Fsp3) is 0.733. The predicted octanol–water partition coefficient (Wildman–Crippen LogP) is 9.60. The second-order valence-corrected chi connectivity index (χ2v) is 10.6. The Labute approximate surface area is 192 Å². The molecule has 31 heavy (non-hydrogen) atoms. The zero-order chi connectivity index (χ0) is 21.9. The first-order valence-corrected chi connectivity index (χ1v) is 13.6. The van der Waals surface area contributed by atoms with E-state index in [1.807, 2.05) is 6.07 Å². The molecule has 1 heteroatoms. The number of halogens is 1. The van der Waals surface area contributed by atoms with Gasteiger partial charge in [0.15, 0.2) is 0 Å². The fourth-order valence-corrected chi connectivity index (χ4v) is 5.92. The Morgan fingerprint density at radius 1 is 0.774 bits per heavy atom. The van der Waals surface area contributed by atoms with Crippen molar-refractivity contribution in [2.75, 3.05) is 0 Å². The van der Waals surface area contributed by atoms with Gasteiger partial charge in [0.25, 0.3) is 0 Å². The van der Waals surface area contributed by atoms with Crippen molar-refractivity contribution in [1.82, 2.24) is 0 Å². The number of unbranched alkanes of at least 4 members (excludes halogenated alkanes) is 2. The lowest BCUT2D eigenvalue weighted by Gasteiger charge is -2.30. The minimum absolute atomic E-state index is 0.00738. The van der Waals surface area contributed by atoms with Gasteiger partial charge in [0.1, 0.15) is 5.82 Å². The number of allylic oxidation sites excluding steroid dienone is 2. The summed E-state index contributed by atoms with van der Waals surface area (Å²) in [4.78, 5) is 0. The fourth-order valence-electron chi connectivity index (χ4n) is 5.92. The summed E-state index contributed by atoms with van der Waals surface area (Å²) in [6.45, 7) is 4.42. The Bertz CT molecular complexity index is 665. The molecule has 0 nitrogen and oxygen atoms in total. The number of hydrogen-bond acceptors (Lipinski definition) is 0. The molecule has 2 aliphatic rings. The molecule has 0 spiro atoms. The summed E-state index contributed by atoms with van der Waals surface area (Å²) in [5.41, 5.74) is 3.64. The molecule has 0 N–H and O–H groups in total. The molecule has 0 amide bonds. The number of benzene rings is 1. The molecule has 2 aliphatic carbocycles. The molecular formula is C30H47F. The first kappa shape index (κ1) is 24.5. The normalized spacial score (nSPS) is 24.2. The summed E-state index contributed by atoms with van der Waals surface area (Å²) in [5.74, 6) is 2.96. The summed E-state index contributed by atoms with van der Waals surface area (Å²) < 4.78 is 14.2. The van der Waals surface area contributed by atoms with Crippen LogP contribution in [0.3, 0.4) is 0 Å². The molecule has 3 rings (SSSR count). The van der Waals surface area contributed by atoms with Crippen LogP contribution in [-0.4, -0.2) is 0 Å². The third kappa shape index (κ3) is 8.39. The van der Waals surface area contributed by atoms with Crippen LogP contribution < -0.4 is 0 Å². The van der Waals surface area contributed by atoms with Crippen molar-refractivity contribution < 1.29 is 4.39 Å². The van der Waals surface area contributed by atoms with E-state index in [4.69, 9.17) is 0 Å². The van der Waals surface area contributed by atoms with Gasteiger partial charge in [-0.05, 0) is 79.9 Å². The minimum Gasteiger partial charge on any atom is -0.207 e. The zero-order valence-corrected chi connectivity index (χ0v) is 20.4. The van der Waals surface area contributed by atoms with Crippen molar-refractivity contribution >= 4 is 0 Å². The van der Waals surface area contributed by atoms with Crippen molar-refractivity contribution in [2.45, 2.75) is 123 Å². The highest BCUT2D eigenvalue weighted by molar-refractivity contribution is 5.25. The van der Waals surface area contributed by atoms with Crippen molar-refractivity contribution in [3.63, 3.8) is 0 Å². The molecule has 0 bridgehead atoms. The van der Waals surface area contributed by atoms with Gasteiger partial charge in [-0.25, -0.2) is 4.39 Å². The average molecular weight is 427 g/mol. The standard InChI is InChI=1S/C30H47F/c1-3-5-6-8-24-9-11-25(12-10-24)13-14-26-15-17-27(18-16-26)19-20-28-21-22-29(7-4-2)30(31)23-28/h17,21-26H,3-16,18-20H2,1-2H3/t24-,25-,26?. The Morgan fingerprint density at radius 2 is 1.52 bits per heavy atom. The van der Waals surface area contributed by atoms with Crippen molar-refractivity contribution in [3.05, 3.63) is 46.8 Å². The van der Waals surface area contributed by atoms with E-state index in [2.05, 4.69) is 26.0 Å². The Balaban J connectivity index is 1.31. The van der Waals surface area contributed by atoms with Crippen molar-refractivity contribution in [2.24, 2.45) is 17.8 Å². The molecule has 0 saturated heterocycles. The smallest absolute Gasteiger partial charge is 0.126 e. The molecule has 1 atom stereocenters. The first-order valence-electron chi connectivity index (χ1n) is 13.6. The van der Waals surface area contributed by atoms with Gasteiger partial charge in [-0.15, -0.1) is 0 Å². The number of hydrogen-bond donors (Lipinski definition) is 0. The van der Waals surface area contributed by atoms with Gasteiger partial charge in [0, 0.05) is 0 Å².